The van der Waals surface area contributed by atoms with Gasteiger partial charge < -0.3 is 5.32 Å². The maximum atomic E-state index is 11.5. The van der Waals surface area contributed by atoms with Crippen molar-refractivity contribution < 1.29 is 8.42 Å². The van der Waals surface area contributed by atoms with E-state index in [0.29, 0.717) is 6.54 Å². The third-order valence-corrected chi connectivity index (χ3v) is 3.94. The van der Waals surface area contributed by atoms with Gasteiger partial charge in [0.1, 0.15) is 0 Å². The molecule has 0 aromatic rings. The van der Waals surface area contributed by atoms with Crippen molar-refractivity contribution in [2.24, 2.45) is 0 Å². The van der Waals surface area contributed by atoms with Gasteiger partial charge in [-0.25, -0.2) is 4.72 Å². The minimum Gasteiger partial charge on any atom is -0.318 e. The Morgan fingerprint density at radius 1 is 1.46 bits per heavy atom. The fourth-order valence-electron chi connectivity index (χ4n) is 1.68. The first-order chi connectivity index (χ1) is 6.11. The molecule has 1 aliphatic rings. The van der Waals surface area contributed by atoms with Gasteiger partial charge in [0.25, 0.3) is 10.2 Å². The van der Waals surface area contributed by atoms with Crippen LogP contribution >= 0.6 is 0 Å². The Morgan fingerprint density at radius 2 is 2.15 bits per heavy atom. The van der Waals surface area contributed by atoms with Crippen LogP contribution < -0.4 is 10.0 Å². The quantitative estimate of drug-likeness (QED) is 0.630. The van der Waals surface area contributed by atoms with Gasteiger partial charge in [-0.1, -0.05) is 0 Å². The molecule has 1 heterocycles. The third kappa shape index (κ3) is 2.40. The van der Waals surface area contributed by atoms with E-state index in [9.17, 15) is 8.42 Å². The van der Waals surface area contributed by atoms with Crippen LogP contribution in [0.15, 0.2) is 0 Å². The van der Waals surface area contributed by atoms with E-state index in [1.54, 1.807) is 0 Å². The highest BCUT2D eigenvalue weighted by Crippen LogP contribution is 2.18. The number of hydrogen-bond acceptors (Lipinski definition) is 3. The van der Waals surface area contributed by atoms with Crippen molar-refractivity contribution in [1.82, 2.24) is 14.3 Å². The SMILES string of the molecule is CNCC1CCCN1S(=O)(=O)NC. The molecule has 1 aliphatic heterocycles. The van der Waals surface area contributed by atoms with Crippen LogP contribution in [0.2, 0.25) is 0 Å². The minimum absolute atomic E-state index is 0.113. The molecule has 0 saturated carbocycles. The summed E-state index contributed by atoms with van der Waals surface area (Å²) in [5, 5.41) is 3.00. The third-order valence-electron chi connectivity index (χ3n) is 2.33. The van der Waals surface area contributed by atoms with Gasteiger partial charge >= 0.3 is 0 Å². The Labute approximate surface area is 79.7 Å². The molecule has 0 bridgehead atoms. The molecule has 2 N–H and O–H groups in total. The topological polar surface area (TPSA) is 61.4 Å². The van der Waals surface area contributed by atoms with E-state index in [-0.39, 0.29) is 6.04 Å². The molecule has 13 heavy (non-hydrogen) atoms. The van der Waals surface area contributed by atoms with Gasteiger partial charge in [0.15, 0.2) is 0 Å². The van der Waals surface area contributed by atoms with Gasteiger partial charge in [-0.05, 0) is 19.9 Å². The maximum Gasteiger partial charge on any atom is 0.279 e. The van der Waals surface area contributed by atoms with E-state index in [4.69, 9.17) is 0 Å². The first kappa shape index (κ1) is 10.9. The average molecular weight is 207 g/mol. The average Bonchev–Trinajstić information content (AvgIpc) is 2.54. The highest BCUT2D eigenvalue weighted by atomic mass is 32.2. The van der Waals surface area contributed by atoms with Crippen LogP contribution in [0.3, 0.4) is 0 Å². The molecule has 0 aromatic carbocycles. The van der Waals surface area contributed by atoms with Crippen LogP contribution in [0.25, 0.3) is 0 Å². The standard InChI is InChI=1S/C7H17N3O2S/c1-8-6-7-4-3-5-10(7)13(11,12)9-2/h7-9H,3-6H2,1-2H3. The first-order valence-electron chi connectivity index (χ1n) is 4.46. The molecular formula is C7H17N3O2S. The predicted octanol–water partition coefficient (Wildman–Crippen LogP) is -0.866. The predicted molar refractivity (Wildman–Crippen MR) is 51.6 cm³/mol. The molecule has 0 radical (unpaired) electrons. The van der Waals surface area contributed by atoms with Gasteiger partial charge in [-0.2, -0.15) is 12.7 Å². The van der Waals surface area contributed by atoms with Crippen LogP contribution in [0.5, 0.6) is 0 Å². The lowest BCUT2D eigenvalue weighted by Crippen LogP contribution is -2.45. The summed E-state index contributed by atoms with van der Waals surface area (Å²) in [4.78, 5) is 0. The van der Waals surface area contributed by atoms with E-state index in [1.165, 1.54) is 11.4 Å². The summed E-state index contributed by atoms with van der Waals surface area (Å²) in [6.45, 7) is 1.36. The zero-order valence-corrected chi connectivity index (χ0v) is 8.89. The van der Waals surface area contributed by atoms with E-state index >= 15 is 0 Å². The van der Waals surface area contributed by atoms with Gasteiger partial charge in [0.05, 0.1) is 0 Å². The molecule has 0 amide bonds. The lowest BCUT2D eigenvalue weighted by atomic mass is 10.2. The number of nitrogens with one attached hydrogen (secondary N) is 2. The Kier molecular flexibility index (Phi) is 3.66. The highest BCUT2D eigenvalue weighted by Gasteiger charge is 2.32. The maximum absolute atomic E-state index is 11.5. The number of rotatable bonds is 4. The first-order valence-corrected chi connectivity index (χ1v) is 5.90. The summed E-state index contributed by atoms with van der Waals surface area (Å²) >= 11 is 0. The van der Waals surface area contributed by atoms with Crippen molar-refractivity contribution in [2.45, 2.75) is 18.9 Å². The minimum atomic E-state index is -3.23. The van der Waals surface area contributed by atoms with Gasteiger partial charge in [0, 0.05) is 26.2 Å². The molecule has 1 fully saturated rings. The highest BCUT2D eigenvalue weighted by molar-refractivity contribution is 7.87. The molecule has 1 unspecified atom stereocenters. The zero-order valence-electron chi connectivity index (χ0n) is 8.08. The van der Waals surface area contributed by atoms with Crippen LogP contribution in [-0.4, -0.2) is 45.9 Å². The van der Waals surface area contributed by atoms with Crippen molar-refractivity contribution in [3.05, 3.63) is 0 Å². The van der Waals surface area contributed by atoms with Crippen LogP contribution in [0.1, 0.15) is 12.8 Å². The molecule has 1 saturated heterocycles. The van der Waals surface area contributed by atoms with E-state index < -0.39 is 10.2 Å². The summed E-state index contributed by atoms with van der Waals surface area (Å²) < 4.78 is 26.8. The fraction of sp³-hybridized carbons (Fsp3) is 1.00. The lowest BCUT2D eigenvalue weighted by molar-refractivity contribution is 0.375. The second-order valence-electron chi connectivity index (χ2n) is 3.17. The van der Waals surface area contributed by atoms with Crippen LogP contribution in [0.4, 0.5) is 0 Å². The van der Waals surface area contributed by atoms with Crippen molar-refractivity contribution in [3.8, 4) is 0 Å². The Balaban J connectivity index is 2.68. The van der Waals surface area contributed by atoms with E-state index in [1.807, 2.05) is 7.05 Å². The summed E-state index contributed by atoms with van der Waals surface area (Å²) in [5.41, 5.74) is 0. The summed E-state index contributed by atoms with van der Waals surface area (Å²) in [6.07, 6.45) is 1.90. The molecule has 0 aliphatic carbocycles. The Hall–Kier alpha value is -0.170. The number of hydrogen-bond donors (Lipinski definition) is 2. The smallest absolute Gasteiger partial charge is 0.279 e. The van der Waals surface area contributed by atoms with Crippen molar-refractivity contribution >= 4 is 10.2 Å². The summed E-state index contributed by atoms with van der Waals surface area (Å²) in [5.74, 6) is 0. The second kappa shape index (κ2) is 4.36. The Bertz CT molecular complexity index is 252. The monoisotopic (exact) mass is 207 g/mol. The fourth-order valence-corrected chi connectivity index (χ4v) is 2.86. The summed E-state index contributed by atoms with van der Waals surface area (Å²) in [6, 6.07) is 0.113. The second-order valence-corrected chi connectivity index (χ2v) is 5.00. The van der Waals surface area contributed by atoms with Crippen LogP contribution in [0, 0.1) is 0 Å². The molecule has 1 atom stereocenters. The van der Waals surface area contributed by atoms with Crippen molar-refractivity contribution in [1.29, 1.82) is 0 Å². The molecule has 0 aromatic heterocycles. The Morgan fingerprint density at radius 3 is 2.69 bits per heavy atom. The van der Waals surface area contributed by atoms with Gasteiger partial charge in [-0.3, -0.25) is 0 Å². The number of nitrogens with zero attached hydrogens (tertiary/aromatic N) is 1. The largest absolute Gasteiger partial charge is 0.318 e. The number of likely N-dealkylation sites (N-methyl/N-ethyl adjacent to an activating group) is 1. The molecule has 1 rings (SSSR count). The van der Waals surface area contributed by atoms with E-state index in [0.717, 1.165) is 19.4 Å². The molecule has 6 heteroatoms. The molecular weight excluding hydrogens is 190 g/mol. The van der Waals surface area contributed by atoms with Crippen molar-refractivity contribution in [2.75, 3.05) is 27.2 Å². The molecule has 78 valence electrons. The molecule has 0 spiro atoms. The normalized spacial score (nSPS) is 25.2. The zero-order chi connectivity index (χ0) is 9.90. The summed E-state index contributed by atoms with van der Waals surface area (Å²) in [7, 11) is 0.0584. The van der Waals surface area contributed by atoms with Gasteiger partial charge in [0.2, 0.25) is 0 Å². The molecule has 5 nitrogen and oxygen atoms in total. The lowest BCUT2D eigenvalue weighted by Gasteiger charge is -2.22. The van der Waals surface area contributed by atoms with Gasteiger partial charge in [-0.15, -0.1) is 0 Å². The van der Waals surface area contributed by atoms with Crippen molar-refractivity contribution in [3.63, 3.8) is 0 Å². The van der Waals surface area contributed by atoms with Crippen LogP contribution in [-0.2, 0) is 10.2 Å². The van der Waals surface area contributed by atoms with E-state index in [2.05, 4.69) is 10.0 Å².